The predicted molar refractivity (Wildman–Crippen MR) is 240 cm³/mol. The number of nitrogens with one attached hydrogen (secondary N) is 2. The van der Waals surface area contributed by atoms with Gasteiger partial charge in [0.05, 0.1) is 24.6 Å². The zero-order chi connectivity index (χ0) is 39.8. The van der Waals surface area contributed by atoms with Crippen LogP contribution in [0.3, 0.4) is 0 Å². The van der Waals surface area contributed by atoms with Crippen LogP contribution in [0.5, 0.6) is 11.5 Å². The lowest BCUT2D eigenvalue weighted by Crippen LogP contribution is -2.46. The minimum atomic E-state index is 0. The van der Waals surface area contributed by atoms with E-state index in [1.54, 1.807) is 26.6 Å². The maximum absolute atomic E-state index is 5.91. The number of aromatic nitrogens is 2. The fourth-order valence-electron chi connectivity index (χ4n) is 7.20. The van der Waals surface area contributed by atoms with Crippen molar-refractivity contribution in [2.45, 2.75) is 62.8 Å². The van der Waals surface area contributed by atoms with E-state index >= 15 is 0 Å². The molecule has 8 nitrogen and oxygen atoms in total. The van der Waals surface area contributed by atoms with E-state index < -0.39 is 0 Å². The highest BCUT2D eigenvalue weighted by molar-refractivity contribution is 5.85. The van der Waals surface area contributed by atoms with Crippen molar-refractivity contribution < 1.29 is 18.9 Å². The van der Waals surface area contributed by atoms with E-state index in [2.05, 4.69) is 130 Å². The van der Waals surface area contributed by atoms with Crippen molar-refractivity contribution in [2.75, 3.05) is 40.5 Å². The monoisotopic (exact) mass is 812 g/mol. The molecule has 59 heavy (non-hydrogen) atoms. The van der Waals surface area contributed by atoms with Crippen molar-refractivity contribution in [2.24, 2.45) is 0 Å². The first kappa shape index (κ1) is 43.5. The van der Waals surface area contributed by atoms with Crippen molar-refractivity contribution in [1.82, 2.24) is 20.6 Å². The predicted octanol–water partition coefficient (Wildman–Crippen LogP) is 9.00. The molecule has 0 bridgehead atoms. The van der Waals surface area contributed by atoms with Crippen LogP contribution in [0.4, 0.5) is 0 Å². The van der Waals surface area contributed by atoms with Crippen molar-refractivity contribution in [3.63, 3.8) is 0 Å². The van der Waals surface area contributed by atoms with Crippen LogP contribution in [0.15, 0.2) is 146 Å². The van der Waals surface area contributed by atoms with Gasteiger partial charge in [0, 0.05) is 49.8 Å². The molecule has 2 aliphatic heterocycles. The van der Waals surface area contributed by atoms with Crippen LogP contribution < -0.4 is 20.1 Å². The smallest absolute Gasteiger partial charge is 0.138 e. The Morgan fingerprint density at radius 2 is 0.881 bits per heavy atom. The molecule has 4 aromatic carbocycles. The first-order valence-electron chi connectivity index (χ1n) is 20.5. The summed E-state index contributed by atoms with van der Waals surface area (Å²) < 4.78 is 23.3. The number of pyridine rings is 2. The number of hydrogen-bond donors (Lipinski definition) is 2. The van der Waals surface area contributed by atoms with E-state index in [0.717, 1.165) is 72.5 Å². The Hall–Kier alpha value is -5.09. The highest BCUT2D eigenvalue weighted by atomic mass is 35.5. The molecule has 2 saturated heterocycles. The van der Waals surface area contributed by atoms with Crippen LogP contribution in [0.2, 0.25) is 0 Å². The zero-order valence-electron chi connectivity index (χ0n) is 34.2. The number of benzene rings is 4. The molecule has 2 aromatic heterocycles. The summed E-state index contributed by atoms with van der Waals surface area (Å²) >= 11 is 0. The quantitative estimate of drug-likeness (QED) is 0.0890. The molecular weight excluding hydrogens is 756 g/mol. The van der Waals surface area contributed by atoms with Crippen LogP contribution in [0, 0.1) is 0 Å². The lowest BCUT2D eigenvalue weighted by atomic mass is 9.98. The van der Waals surface area contributed by atoms with E-state index in [4.69, 9.17) is 18.9 Å². The lowest BCUT2D eigenvalue weighted by Gasteiger charge is -2.27. The summed E-state index contributed by atoms with van der Waals surface area (Å²) in [5.41, 5.74) is 9.56. The lowest BCUT2D eigenvalue weighted by molar-refractivity contribution is 0.103. The van der Waals surface area contributed by atoms with E-state index in [0.29, 0.717) is 25.3 Å². The molecule has 8 rings (SSSR count). The molecule has 2 fully saturated rings. The van der Waals surface area contributed by atoms with Crippen molar-refractivity contribution in [3.8, 4) is 33.8 Å². The fourth-order valence-corrected chi connectivity index (χ4v) is 7.20. The number of halogens is 1. The largest absolute Gasteiger partial charge is 0.490 e. The normalized spacial score (nSPS) is 16.5. The third-order valence-corrected chi connectivity index (χ3v) is 10.9. The van der Waals surface area contributed by atoms with Gasteiger partial charge in [-0.25, -0.2) is 0 Å². The van der Waals surface area contributed by atoms with Gasteiger partial charge < -0.3 is 29.6 Å². The van der Waals surface area contributed by atoms with Gasteiger partial charge in [-0.05, 0) is 97.1 Å². The molecule has 0 spiro atoms. The highest BCUT2D eigenvalue weighted by Gasteiger charge is 2.18. The first-order chi connectivity index (χ1) is 28.6. The molecule has 6 aromatic rings. The molecule has 4 atom stereocenters. The average Bonchev–Trinajstić information content (AvgIpc) is 3.23. The van der Waals surface area contributed by atoms with Crippen molar-refractivity contribution >= 4 is 12.4 Å². The molecule has 2 N–H and O–H groups in total. The maximum Gasteiger partial charge on any atom is 0.138 e. The van der Waals surface area contributed by atoms with Crippen LogP contribution in [-0.2, 0) is 35.2 Å². The van der Waals surface area contributed by atoms with Gasteiger partial charge in [0.1, 0.15) is 24.7 Å². The molecule has 0 amide bonds. The zero-order valence-corrected chi connectivity index (χ0v) is 35.0. The Morgan fingerprint density at radius 1 is 0.492 bits per heavy atom. The summed E-state index contributed by atoms with van der Waals surface area (Å²) in [6, 6.07) is 43.3. The summed E-state index contributed by atoms with van der Waals surface area (Å²) in [6.07, 6.45) is 13.6. The SMILES string of the molecule is CO[C@H](Cc1ccccc1)Cc1cccc(-c2cncc(OC[C@@H]3CCN3)c2)c1.CO[C@H](Cc1ccccc1)Cc1cccc(-c2cncc(OC[C@@H]3CCN3)c2)c1.Cl. The second-order valence-electron chi connectivity index (χ2n) is 15.2. The summed E-state index contributed by atoms with van der Waals surface area (Å²) in [7, 11) is 3.58. The Morgan fingerprint density at radius 3 is 1.25 bits per heavy atom. The standard InChI is InChI=1S/2C25H28N2O2.ClH/c2*1-28-24(13-19-6-3-2-4-7-19)14-20-8-5-9-21(12-20)22-15-25(17-26-16-22)29-18-23-10-11-27-23;/h2*2-9,12,15-17,23-24,27H,10-11,13-14,18H2,1H3;1H/t2*23-,24+;/m00./s1. The van der Waals surface area contributed by atoms with Crippen molar-refractivity contribution in [3.05, 3.63) is 168 Å². The topological polar surface area (TPSA) is 86.8 Å². The number of rotatable bonds is 18. The molecule has 2 aliphatic rings. The summed E-state index contributed by atoms with van der Waals surface area (Å²) in [6.45, 7) is 3.57. The van der Waals surface area contributed by atoms with Crippen LogP contribution in [0.25, 0.3) is 22.3 Å². The minimum Gasteiger partial charge on any atom is -0.490 e. The Bertz CT molecular complexity index is 1980. The molecule has 9 heteroatoms. The molecule has 0 aliphatic carbocycles. The van der Waals surface area contributed by atoms with Crippen LogP contribution >= 0.6 is 12.4 Å². The summed E-state index contributed by atoms with van der Waals surface area (Å²) in [5, 5.41) is 6.71. The van der Waals surface area contributed by atoms with Gasteiger partial charge in [0.25, 0.3) is 0 Å². The second-order valence-corrected chi connectivity index (χ2v) is 15.2. The molecule has 4 heterocycles. The van der Waals surface area contributed by atoms with Crippen LogP contribution in [0.1, 0.15) is 35.1 Å². The third-order valence-electron chi connectivity index (χ3n) is 10.9. The van der Waals surface area contributed by atoms with Gasteiger partial charge in [-0.2, -0.15) is 0 Å². The van der Waals surface area contributed by atoms with E-state index in [1.807, 2.05) is 24.5 Å². The number of nitrogens with zero attached hydrogens (tertiary/aromatic N) is 2. The molecule has 0 saturated carbocycles. The van der Waals surface area contributed by atoms with Gasteiger partial charge in [0.15, 0.2) is 0 Å². The van der Waals surface area contributed by atoms with Crippen molar-refractivity contribution in [1.29, 1.82) is 0 Å². The third kappa shape index (κ3) is 13.5. The Labute approximate surface area is 356 Å². The van der Waals surface area contributed by atoms with E-state index in [-0.39, 0.29) is 24.6 Å². The van der Waals surface area contributed by atoms with Gasteiger partial charge in [0.2, 0.25) is 0 Å². The van der Waals surface area contributed by atoms with Gasteiger partial charge in [-0.15, -0.1) is 12.4 Å². The Kier molecular flexibility index (Phi) is 16.9. The number of ether oxygens (including phenoxy) is 4. The molecule has 308 valence electrons. The average molecular weight is 813 g/mol. The summed E-state index contributed by atoms with van der Waals surface area (Å²) in [4.78, 5) is 8.75. The minimum absolute atomic E-state index is 0. The maximum atomic E-state index is 5.91. The molecule has 0 radical (unpaired) electrons. The van der Waals surface area contributed by atoms with Gasteiger partial charge >= 0.3 is 0 Å². The molecular formula is C50H57ClN4O4. The number of methoxy groups -OCH3 is 2. The van der Waals surface area contributed by atoms with E-state index in [1.165, 1.54) is 35.1 Å². The first-order valence-corrected chi connectivity index (χ1v) is 20.5. The van der Waals surface area contributed by atoms with Gasteiger partial charge in [-0.3, -0.25) is 9.97 Å². The van der Waals surface area contributed by atoms with E-state index in [9.17, 15) is 0 Å². The highest BCUT2D eigenvalue weighted by Crippen LogP contribution is 2.27. The summed E-state index contributed by atoms with van der Waals surface area (Å²) in [5.74, 6) is 1.64. The fraction of sp³-hybridized carbons (Fsp3) is 0.320. The number of hydrogen-bond acceptors (Lipinski definition) is 8. The molecule has 0 unspecified atom stereocenters. The van der Waals surface area contributed by atoms with Gasteiger partial charge in [-0.1, -0.05) is 109 Å². The second kappa shape index (κ2) is 22.9. The Balaban J connectivity index is 0.000000195. The van der Waals surface area contributed by atoms with Crippen LogP contribution in [-0.4, -0.2) is 74.8 Å².